The van der Waals surface area contributed by atoms with Gasteiger partial charge >= 0.3 is 0 Å². The van der Waals surface area contributed by atoms with E-state index in [0.29, 0.717) is 22.4 Å². The predicted octanol–water partition coefficient (Wildman–Crippen LogP) is 3.20. The number of halogens is 1. The maximum absolute atomic E-state index is 12.0. The standard InChI is InChI=1S/C19H24ClN5OS/c1-13-15(10-11-16(26)22-23-18(27)21-19(2,3)4)17(20)25(24-13)12-14-8-6-5-7-9-14/h5-11H,12H2,1-4H3,(H,22,26)(H2,21,23,27)/b11-10+. The molecule has 0 aliphatic rings. The fourth-order valence-electron chi connectivity index (χ4n) is 2.31. The smallest absolute Gasteiger partial charge is 0.262 e. The molecule has 1 heterocycles. The molecule has 0 atom stereocenters. The van der Waals surface area contributed by atoms with Crippen molar-refractivity contribution in [2.45, 2.75) is 39.8 Å². The highest BCUT2D eigenvalue weighted by Crippen LogP contribution is 2.22. The summed E-state index contributed by atoms with van der Waals surface area (Å²) in [6.07, 6.45) is 3.03. The maximum atomic E-state index is 12.0. The Kier molecular flexibility index (Phi) is 6.98. The third kappa shape index (κ3) is 6.69. The van der Waals surface area contributed by atoms with E-state index in [1.165, 1.54) is 6.08 Å². The summed E-state index contributed by atoms with van der Waals surface area (Å²) in [5.74, 6) is -0.348. The van der Waals surface area contributed by atoms with E-state index < -0.39 is 0 Å². The van der Waals surface area contributed by atoms with Crippen molar-refractivity contribution in [3.63, 3.8) is 0 Å². The van der Waals surface area contributed by atoms with Crippen molar-refractivity contribution >= 4 is 40.9 Å². The van der Waals surface area contributed by atoms with Crippen LogP contribution in [0.25, 0.3) is 6.08 Å². The van der Waals surface area contributed by atoms with E-state index in [2.05, 4.69) is 21.3 Å². The Labute approximate surface area is 169 Å². The number of carbonyl (C=O) groups excluding carboxylic acids is 1. The number of aryl methyl sites for hydroxylation is 1. The number of nitrogens with one attached hydrogen (secondary N) is 3. The summed E-state index contributed by atoms with van der Waals surface area (Å²) in [6.45, 7) is 8.34. The molecule has 1 aromatic carbocycles. The first-order chi connectivity index (χ1) is 12.7. The Hall–Kier alpha value is -2.38. The van der Waals surface area contributed by atoms with Crippen molar-refractivity contribution < 1.29 is 4.79 Å². The Bertz CT molecular complexity index is 840. The highest BCUT2D eigenvalue weighted by Gasteiger charge is 2.13. The number of aromatic nitrogens is 2. The summed E-state index contributed by atoms with van der Waals surface area (Å²) in [7, 11) is 0. The normalized spacial score (nSPS) is 11.4. The fourth-order valence-corrected chi connectivity index (χ4v) is 2.96. The molecule has 1 amide bonds. The van der Waals surface area contributed by atoms with Gasteiger partial charge in [0, 0.05) is 17.2 Å². The molecule has 27 heavy (non-hydrogen) atoms. The Balaban J connectivity index is 1.98. The van der Waals surface area contributed by atoms with Crippen LogP contribution in [0.4, 0.5) is 0 Å². The van der Waals surface area contributed by atoms with Crippen molar-refractivity contribution in [2.24, 2.45) is 0 Å². The number of benzene rings is 1. The second-order valence-corrected chi connectivity index (χ2v) is 7.85. The largest absolute Gasteiger partial charge is 0.357 e. The molecular formula is C19H24ClN5OS. The lowest BCUT2D eigenvalue weighted by Gasteiger charge is -2.22. The number of hydrogen-bond donors (Lipinski definition) is 3. The summed E-state index contributed by atoms with van der Waals surface area (Å²) in [4.78, 5) is 12.0. The van der Waals surface area contributed by atoms with E-state index in [9.17, 15) is 4.79 Å². The Morgan fingerprint density at radius 2 is 1.93 bits per heavy atom. The molecule has 0 aliphatic heterocycles. The topological polar surface area (TPSA) is 71.0 Å². The minimum Gasteiger partial charge on any atom is -0.357 e. The predicted molar refractivity (Wildman–Crippen MR) is 113 cm³/mol. The van der Waals surface area contributed by atoms with Crippen molar-refractivity contribution in [1.82, 2.24) is 25.9 Å². The number of rotatable bonds is 4. The molecule has 0 fully saturated rings. The number of hydrogen-bond acceptors (Lipinski definition) is 3. The van der Waals surface area contributed by atoms with Crippen LogP contribution in [0.15, 0.2) is 36.4 Å². The van der Waals surface area contributed by atoms with Gasteiger partial charge in [0.15, 0.2) is 5.11 Å². The van der Waals surface area contributed by atoms with Crippen LogP contribution in [0.5, 0.6) is 0 Å². The van der Waals surface area contributed by atoms with Gasteiger partial charge in [-0.1, -0.05) is 41.9 Å². The SMILES string of the molecule is Cc1nn(Cc2ccccc2)c(Cl)c1/C=C/C(=O)NNC(=S)NC(C)(C)C. The quantitative estimate of drug-likeness (QED) is 0.414. The molecule has 0 spiro atoms. The summed E-state index contributed by atoms with van der Waals surface area (Å²) < 4.78 is 1.71. The Morgan fingerprint density at radius 1 is 1.26 bits per heavy atom. The number of carbonyl (C=O) groups is 1. The molecule has 3 N–H and O–H groups in total. The van der Waals surface area contributed by atoms with Gasteiger partial charge in [-0.2, -0.15) is 5.10 Å². The van der Waals surface area contributed by atoms with Crippen LogP contribution in [0.2, 0.25) is 5.15 Å². The van der Waals surface area contributed by atoms with E-state index >= 15 is 0 Å². The first kappa shape index (κ1) is 20.9. The number of hydrazine groups is 1. The van der Waals surface area contributed by atoms with Crippen LogP contribution >= 0.6 is 23.8 Å². The van der Waals surface area contributed by atoms with Crippen molar-refractivity contribution in [3.05, 3.63) is 58.4 Å². The second kappa shape index (κ2) is 9.01. The highest BCUT2D eigenvalue weighted by molar-refractivity contribution is 7.80. The van der Waals surface area contributed by atoms with Gasteiger partial charge in [0.25, 0.3) is 5.91 Å². The van der Waals surface area contributed by atoms with Crippen molar-refractivity contribution in [3.8, 4) is 0 Å². The highest BCUT2D eigenvalue weighted by atomic mass is 35.5. The van der Waals surface area contributed by atoms with Crippen LogP contribution in [-0.4, -0.2) is 26.3 Å². The molecule has 0 radical (unpaired) electrons. The number of amides is 1. The van der Waals surface area contributed by atoms with E-state index in [1.54, 1.807) is 10.8 Å². The molecule has 2 rings (SSSR count). The molecule has 0 unspecified atom stereocenters. The first-order valence-corrected chi connectivity index (χ1v) is 9.27. The van der Waals surface area contributed by atoms with Gasteiger partial charge in [-0.25, -0.2) is 4.68 Å². The van der Waals surface area contributed by atoms with E-state index in [0.717, 1.165) is 11.3 Å². The summed E-state index contributed by atoms with van der Waals surface area (Å²) >= 11 is 11.5. The zero-order chi connectivity index (χ0) is 20.0. The molecule has 2 aromatic rings. The van der Waals surface area contributed by atoms with E-state index in [-0.39, 0.29) is 11.4 Å². The third-order valence-corrected chi connectivity index (χ3v) is 4.08. The molecule has 144 valence electrons. The van der Waals surface area contributed by atoms with Crippen LogP contribution in [-0.2, 0) is 11.3 Å². The average Bonchev–Trinajstić information content (AvgIpc) is 2.84. The molecule has 0 saturated carbocycles. The average molecular weight is 406 g/mol. The number of nitrogens with zero attached hydrogens (tertiary/aromatic N) is 2. The molecule has 0 aliphatic carbocycles. The number of thiocarbonyl (C=S) groups is 1. The van der Waals surface area contributed by atoms with Crippen molar-refractivity contribution in [1.29, 1.82) is 0 Å². The third-order valence-electron chi connectivity index (χ3n) is 3.47. The fraction of sp³-hybridized carbons (Fsp3) is 0.316. The minimum absolute atomic E-state index is 0.192. The minimum atomic E-state index is -0.348. The molecular weight excluding hydrogens is 382 g/mol. The van der Waals surface area contributed by atoms with Gasteiger partial charge in [-0.05, 0) is 51.6 Å². The molecule has 0 saturated heterocycles. The zero-order valence-corrected chi connectivity index (χ0v) is 17.4. The van der Waals surface area contributed by atoms with E-state index in [4.69, 9.17) is 23.8 Å². The van der Waals surface area contributed by atoms with Crippen LogP contribution in [0.3, 0.4) is 0 Å². The summed E-state index contributed by atoms with van der Waals surface area (Å²) in [5.41, 5.74) is 7.53. The van der Waals surface area contributed by atoms with Crippen LogP contribution < -0.4 is 16.2 Å². The zero-order valence-electron chi connectivity index (χ0n) is 15.8. The second-order valence-electron chi connectivity index (χ2n) is 7.08. The summed E-state index contributed by atoms with van der Waals surface area (Å²) in [6, 6.07) is 9.92. The van der Waals surface area contributed by atoms with Gasteiger partial charge in [0.2, 0.25) is 0 Å². The van der Waals surface area contributed by atoms with Gasteiger partial charge in [-0.15, -0.1) is 0 Å². The molecule has 8 heteroatoms. The molecule has 1 aromatic heterocycles. The molecule has 0 bridgehead atoms. The molecule has 6 nitrogen and oxygen atoms in total. The monoisotopic (exact) mass is 405 g/mol. The Morgan fingerprint density at radius 3 is 2.56 bits per heavy atom. The van der Waals surface area contributed by atoms with Crippen LogP contribution in [0.1, 0.15) is 37.6 Å². The van der Waals surface area contributed by atoms with Gasteiger partial charge < -0.3 is 5.32 Å². The lowest BCUT2D eigenvalue weighted by molar-refractivity contribution is -0.117. The van der Waals surface area contributed by atoms with Gasteiger partial charge in [0.05, 0.1) is 12.2 Å². The lowest BCUT2D eigenvalue weighted by atomic mass is 10.1. The lowest BCUT2D eigenvalue weighted by Crippen LogP contribution is -2.51. The van der Waals surface area contributed by atoms with Gasteiger partial charge in [0.1, 0.15) is 5.15 Å². The first-order valence-electron chi connectivity index (χ1n) is 8.49. The maximum Gasteiger partial charge on any atom is 0.262 e. The summed E-state index contributed by atoms with van der Waals surface area (Å²) in [5, 5.41) is 8.32. The van der Waals surface area contributed by atoms with Gasteiger partial charge in [-0.3, -0.25) is 15.6 Å². The van der Waals surface area contributed by atoms with Crippen LogP contribution in [0, 0.1) is 6.92 Å². The van der Waals surface area contributed by atoms with Crippen molar-refractivity contribution in [2.75, 3.05) is 0 Å². The van der Waals surface area contributed by atoms with E-state index in [1.807, 2.05) is 58.0 Å².